The molecule has 0 aliphatic carbocycles. The minimum atomic E-state index is -0.971. The van der Waals surface area contributed by atoms with E-state index in [1.54, 1.807) is 0 Å². The molecule has 0 unspecified atom stereocenters. The van der Waals surface area contributed by atoms with Crippen molar-refractivity contribution in [1.29, 1.82) is 0 Å². The largest absolute Gasteiger partial charge is 0.479 e. The molecule has 0 spiro atoms. The number of ketones is 1. The zero-order valence-corrected chi connectivity index (χ0v) is 19.3. The Hall–Kier alpha value is -3.96. The highest BCUT2D eigenvalue weighted by Gasteiger charge is 2.16. The number of aromatic nitrogens is 1. The summed E-state index contributed by atoms with van der Waals surface area (Å²) in [4.78, 5) is 24.0. The molecule has 1 heterocycles. The molecule has 0 aliphatic heterocycles. The van der Waals surface area contributed by atoms with Gasteiger partial charge in [-0.05, 0) is 31.0 Å². The highest BCUT2D eigenvalue weighted by Crippen LogP contribution is 2.24. The third-order valence-corrected chi connectivity index (χ3v) is 5.79. The van der Waals surface area contributed by atoms with E-state index in [1.807, 2.05) is 92.0 Å². The fraction of sp³-hybridized carbons (Fsp3) is 0.172. The van der Waals surface area contributed by atoms with Gasteiger partial charge in [0.25, 0.3) is 0 Å². The number of carboxylic acids is 1. The van der Waals surface area contributed by atoms with Gasteiger partial charge in [-0.15, -0.1) is 0 Å². The Bertz CT molecular complexity index is 1330. The molecule has 4 aromatic rings. The maximum atomic E-state index is 13.2. The molecular formula is C29H27NO4. The summed E-state index contributed by atoms with van der Waals surface area (Å²) in [6, 6.07) is 23.4. The molecule has 1 N–H and O–H groups in total. The fourth-order valence-corrected chi connectivity index (χ4v) is 3.76. The van der Waals surface area contributed by atoms with Gasteiger partial charge in [0.15, 0.2) is 11.9 Å². The van der Waals surface area contributed by atoms with Crippen molar-refractivity contribution in [2.24, 2.45) is 0 Å². The van der Waals surface area contributed by atoms with E-state index in [4.69, 9.17) is 9.84 Å². The summed E-state index contributed by atoms with van der Waals surface area (Å²) < 4.78 is 7.41. The predicted octanol–water partition coefficient (Wildman–Crippen LogP) is 5.88. The molecule has 0 bridgehead atoms. The van der Waals surface area contributed by atoms with Gasteiger partial charge in [0.05, 0.1) is 6.61 Å². The van der Waals surface area contributed by atoms with E-state index < -0.39 is 12.1 Å². The zero-order chi connectivity index (χ0) is 24.1. The Kier molecular flexibility index (Phi) is 7.04. The van der Waals surface area contributed by atoms with Gasteiger partial charge in [-0.25, -0.2) is 4.79 Å². The van der Waals surface area contributed by atoms with Crippen molar-refractivity contribution >= 4 is 28.7 Å². The summed E-state index contributed by atoms with van der Waals surface area (Å²) in [6.45, 7) is 4.41. The van der Waals surface area contributed by atoms with Crippen LogP contribution in [0.15, 0.2) is 85.1 Å². The van der Waals surface area contributed by atoms with Crippen LogP contribution in [0.25, 0.3) is 17.0 Å². The molecule has 3 aromatic carbocycles. The number of carbonyl (C=O) groups excluding carboxylic acids is 1. The van der Waals surface area contributed by atoms with E-state index >= 15 is 0 Å². The quantitative estimate of drug-likeness (QED) is 0.321. The molecule has 0 amide bonds. The first-order chi connectivity index (χ1) is 16.4. The molecule has 1 aromatic heterocycles. The van der Waals surface area contributed by atoms with Crippen LogP contribution in [0.1, 0.15) is 39.5 Å². The number of aliphatic carboxylic acids is 1. The molecule has 172 valence electrons. The number of rotatable bonds is 9. The number of hydrogen-bond donors (Lipinski definition) is 1. The normalized spacial score (nSPS) is 12.3. The zero-order valence-electron chi connectivity index (χ0n) is 19.3. The van der Waals surface area contributed by atoms with Crippen LogP contribution in [0.3, 0.4) is 0 Å². The van der Waals surface area contributed by atoms with Gasteiger partial charge >= 0.3 is 5.97 Å². The number of carboxylic acid groups (broad SMARTS) is 1. The first-order valence-corrected chi connectivity index (χ1v) is 11.2. The predicted molar refractivity (Wildman–Crippen MR) is 134 cm³/mol. The lowest BCUT2D eigenvalue weighted by molar-refractivity contribution is -0.149. The Labute approximate surface area is 198 Å². The van der Waals surface area contributed by atoms with Gasteiger partial charge in [-0.3, -0.25) is 4.79 Å². The third-order valence-electron chi connectivity index (χ3n) is 5.79. The maximum absolute atomic E-state index is 13.2. The minimum Gasteiger partial charge on any atom is -0.479 e. The molecule has 5 nitrogen and oxygen atoms in total. The number of para-hydroxylation sites is 1. The molecule has 0 aliphatic rings. The van der Waals surface area contributed by atoms with Crippen molar-refractivity contribution in [2.75, 3.05) is 0 Å². The van der Waals surface area contributed by atoms with Crippen LogP contribution >= 0.6 is 0 Å². The van der Waals surface area contributed by atoms with Gasteiger partial charge in [-0.2, -0.15) is 0 Å². The summed E-state index contributed by atoms with van der Waals surface area (Å²) in [6.07, 6.45) is 5.19. The summed E-state index contributed by atoms with van der Waals surface area (Å²) in [7, 11) is 0. The van der Waals surface area contributed by atoms with Crippen molar-refractivity contribution < 1.29 is 19.4 Å². The van der Waals surface area contributed by atoms with Crippen LogP contribution in [0.5, 0.6) is 0 Å². The van der Waals surface area contributed by atoms with E-state index in [2.05, 4.69) is 10.6 Å². The molecule has 5 heteroatoms. The Morgan fingerprint density at radius 2 is 1.71 bits per heavy atom. The molecule has 34 heavy (non-hydrogen) atoms. The summed E-state index contributed by atoms with van der Waals surface area (Å²) in [5, 5.41) is 9.85. The van der Waals surface area contributed by atoms with Gasteiger partial charge < -0.3 is 14.4 Å². The second kappa shape index (κ2) is 10.3. The first kappa shape index (κ1) is 23.2. The number of fused-ring (bicyclic) bond motifs is 1. The van der Waals surface area contributed by atoms with Crippen LogP contribution in [-0.4, -0.2) is 27.5 Å². The molecule has 0 saturated heterocycles. The second-order valence-electron chi connectivity index (χ2n) is 8.34. The Morgan fingerprint density at radius 1 is 1.00 bits per heavy atom. The van der Waals surface area contributed by atoms with Crippen molar-refractivity contribution in [3.8, 4) is 0 Å². The van der Waals surface area contributed by atoms with Gasteiger partial charge in [0.1, 0.15) is 0 Å². The number of aryl methyl sites for hydroxylation is 1. The van der Waals surface area contributed by atoms with Gasteiger partial charge in [0, 0.05) is 34.8 Å². The van der Waals surface area contributed by atoms with Crippen LogP contribution in [0.2, 0.25) is 0 Å². The number of benzene rings is 3. The summed E-state index contributed by atoms with van der Waals surface area (Å²) >= 11 is 0. The van der Waals surface area contributed by atoms with Gasteiger partial charge in [0.2, 0.25) is 0 Å². The van der Waals surface area contributed by atoms with Crippen LogP contribution in [0.4, 0.5) is 0 Å². The molecule has 4 rings (SSSR count). The average molecular weight is 454 g/mol. The lowest BCUT2D eigenvalue weighted by Gasteiger charge is -2.08. The fourth-order valence-electron chi connectivity index (χ4n) is 3.76. The van der Waals surface area contributed by atoms with E-state index in [1.165, 1.54) is 6.92 Å². The molecule has 0 fully saturated rings. The molecule has 0 saturated carbocycles. The second-order valence-corrected chi connectivity index (χ2v) is 8.34. The average Bonchev–Trinajstić information content (AvgIpc) is 3.22. The standard InChI is InChI=1S/C29H27NO4/c1-20-9-15-24(16-10-20)28(31)26-18-30(27-8-4-3-7-25(26)27)17-5-6-22-11-13-23(14-12-22)19-34-21(2)29(32)33/h3-16,18,21H,17,19H2,1-2H3,(H,32,33)/b6-5+/t21-/m1/s1. The number of hydrogen-bond acceptors (Lipinski definition) is 3. The topological polar surface area (TPSA) is 68.5 Å². The minimum absolute atomic E-state index is 0.0222. The Balaban J connectivity index is 1.48. The number of nitrogens with zero attached hydrogens (tertiary/aromatic N) is 1. The summed E-state index contributed by atoms with van der Waals surface area (Å²) in [5.74, 6) is -0.949. The smallest absolute Gasteiger partial charge is 0.332 e. The number of carbonyl (C=O) groups is 2. The monoisotopic (exact) mass is 453 g/mol. The van der Waals surface area contributed by atoms with Crippen molar-refractivity contribution in [2.45, 2.75) is 33.1 Å². The maximum Gasteiger partial charge on any atom is 0.332 e. The van der Waals surface area contributed by atoms with E-state index in [-0.39, 0.29) is 12.4 Å². The number of allylic oxidation sites excluding steroid dienone is 1. The van der Waals surface area contributed by atoms with Crippen molar-refractivity contribution in [3.05, 3.63) is 113 Å². The summed E-state index contributed by atoms with van der Waals surface area (Å²) in [5.41, 5.74) is 5.48. The van der Waals surface area contributed by atoms with Crippen LogP contribution in [-0.2, 0) is 22.7 Å². The lowest BCUT2D eigenvalue weighted by Crippen LogP contribution is -2.19. The molecule has 1 atom stereocenters. The van der Waals surface area contributed by atoms with Crippen molar-refractivity contribution in [1.82, 2.24) is 4.57 Å². The molecule has 0 radical (unpaired) electrons. The van der Waals surface area contributed by atoms with E-state index in [0.29, 0.717) is 17.7 Å². The number of ether oxygens (including phenoxy) is 1. The highest BCUT2D eigenvalue weighted by molar-refractivity contribution is 6.16. The lowest BCUT2D eigenvalue weighted by atomic mass is 10.0. The van der Waals surface area contributed by atoms with Gasteiger partial charge in [-0.1, -0.05) is 84.4 Å². The SMILES string of the molecule is Cc1ccc(C(=O)c2cn(C/C=C/c3ccc(CO[C@H](C)C(=O)O)cc3)c3ccccc23)cc1. The third kappa shape index (κ3) is 5.33. The van der Waals surface area contributed by atoms with E-state index in [9.17, 15) is 9.59 Å². The van der Waals surface area contributed by atoms with Crippen LogP contribution in [0, 0.1) is 6.92 Å². The van der Waals surface area contributed by atoms with Crippen LogP contribution < -0.4 is 0 Å². The van der Waals surface area contributed by atoms with E-state index in [0.717, 1.165) is 27.6 Å². The first-order valence-electron chi connectivity index (χ1n) is 11.2. The highest BCUT2D eigenvalue weighted by atomic mass is 16.5. The molecular weight excluding hydrogens is 426 g/mol. The van der Waals surface area contributed by atoms with Crippen molar-refractivity contribution in [3.63, 3.8) is 0 Å². The Morgan fingerprint density at radius 3 is 2.41 bits per heavy atom.